The average Bonchev–Trinajstić information content (AvgIpc) is 2.66. The zero-order valence-electron chi connectivity index (χ0n) is 14.6. The summed E-state index contributed by atoms with van der Waals surface area (Å²) in [5, 5.41) is 0. The highest BCUT2D eigenvalue weighted by Crippen LogP contribution is 2.23. The van der Waals surface area contributed by atoms with Crippen LogP contribution in [0.2, 0.25) is 0 Å². The van der Waals surface area contributed by atoms with Crippen LogP contribution >= 0.6 is 0 Å². The molecule has 26 heavy (non-hydrogen) atoms. The first-order valence-electron chi connectivity index (χ1n) is 8.35. The number of halogens is 2. The first-order chi connectivity index (χ1) is 12.5. The third-order valence-electron chi connectivity index (χ3n) is 4.28. The van der Waals surface area contributed by atoms with Gasteiger partial charge in [-0.15, -0.1) is 0 Å². The molecule has 0 aliphatic carbocycles. The van der Waals surface area contributed by atoms with Gasteiger partial charge in [0.05, 0.1) is 5.56 Å². The van der Waals surface area contributed by atoms with Gasteiger partial charge in [-0.1, -0.05) is 43.3 Å². The van der Waals surface area contributed by atoms with E-state index in [9.17, 15) is 13.6 Å². The van der Waals surface area contributed by atoms with Crippen LogP contribution in [0.3, 0.4) is 0 Å². The largest absolute Gasteiger partial charge is 0.423 e. The number of ether oxygens (including phenoxy) is 1. The minimum atomic E-state index is -0.751. The maximum absolute atomic E-state index is 13.6. The Morgan fingerprint density at radius 3 is 1.88 bits per heavy atom. The van der Waals surface area contributed by atoms with E-state index in [2.05, 4.69) is 19.1 Å². The van der Waals surface area contributed by atoms with Crippen molar-refractivity contribution in [2.24, 2.45) is 0 Å². The molecule has 0 N–H and O–H groups in total. The van der Waals surface area contributed by atoms with E-state index in [0.717, 1.165) is 29.7 Å². The molecule has 0 atom stereocenters. The molecule has 0 bridgehead atoms. The lowest BCUT2D eigenvalue weighted by atomic mass is 10.0. The highest BCUT2D eigenvalue weighted by Gasteiger charge is 2.13. The van der Waals surface area contributed by atoms with Gasteiger partial charge in [-0.3, -0.25) is 0 Å². The Hall–Kier alpha value is -3.01. The number of rotatable bonds is 4. The molecule has 0 saturated heterocycles. The van der Waals surface area contributed by atoms with Crippen molar-refractivity contribution < 1.29 is 18.3 Å². The fourth-order valence-electron chi connectivity index (χ4n) is 2.58. The third kappa shape index (κ3) is 3.80. The molecule has 0 fully saturated rings. The van der Waals surface area contributed by atoms with Crippen LogP contribution in [-0.2, 0) is 6.42 Å². The zero-order chi connectivity index (χ0) is 18.7. The first kappa shape index (κ1) is 17.8. The molecule has 0 aromatic heterocycles. The number of aryl methyl sites for hydroxylation is 1. The maximum Gasteiger partial charge on any atom is 0.343 e. The second-order valence-corrected chi connectivity index (χ2v) is 6.03. The second-order valence-electron chi connectivity index (χ2n) is 6.03. The minimum Gasteiger partial charge on any atom is -0.423 e. The number of carbonyl (C=O) groups is 1. The van der Waals surface area contributed by atoms with Gasteiger partial charge in [0, 0.05) is 17.7 Å². The maximum atomic E-state index is 13.6. The van der Waals surface area contributed by atoms with Crippen molar-refractivity contribution in [3.63, 3.8) is 0 Å². The summed E-state index contributed by atoms with van der Waals surface area (Å²) >= 11 is 0. The fourth-order valence-corrected chi connectivity index (χ4v) is 2.58. The SMILES string of the molecule is CCc1ccc(-c2ccc(C(=O)Oc3cc(F)c(C)c(F)c3)cc2)cc1. The van der Waals surface area contributed by atoms with Crippen LogP contribution in [0.25, 0.3) is 11.1 Å². The summed E-state index contributed by atoms with van der Waals surface area (Å²) in [4.78, 5) is 12.2. The van der Waals surface area contributed by atoms with Crippen LogP contribution in [0.15, 0.2) is 60.7 Å². The molecule has 3 rings (SSSR count). The molecule has 132 valence electrons. The highest BCUT2D eigenvalue weighted by molar-refractivity contribution is 5.91. The molecule has 0 spiro atoms. The molecule has 0 radical (unpaired) electrons. The Morgan fingerprint density at radius 2 is 1.38 bits per heavy atom. The standard InChI is InChI=1S/C22H18F2O2/c1-3-15-4-6-16(7-5-15)17-8-10-18(11-9-17)22(25)26-19-12-20(23)14(2)21(24)13-19/h4-13H,3H2,1-2H3. The average molecular weight is 352 g/mol. The topological polar surface area (TPSA) is 26.3 Å². The van der Waals surface area contributed by atoms with E-state index >= 15 is 0 Å². The van der Waals surface area contributed by atoms with E-state index in [1.54, 1.807) is 12.1 Å². The van der Waals surface area contributed by atoms with Crippen LogP contribution in [0.5, 0.6) is 5.75 Å². The fraction of sp³-hybridized carbons (Fsp3) is 0.136. The summed E-state index contributed by atoms with van der Waals surface area (Å²) in [7, 11) is 0. The van der Waals surface area contributed by atoms with Gasteiger partial charge in [-0.05, 0) is 42.2 Å². The summed E-state index contributed by atoms with van der Waals surface area (Å²) in [6.07, 6.45) is 0.977. The monoisotopic (exact) mass is 352 g/mol. The predicted molar refractivity (Wildman–Crippen MR) is 97.3 cm³/mol. The van der Waals surface area contributed by atoms with E-state index in [0.29, 0.717) is 5.56 Å². The molecule has 0 saturated carbocycles. The summed E-state index contributed by atoms with van der Waals surface area (Å²) in [6, 6.07) is 17.1. The van der Waals surface area contributed by atoms with Crippen molar-refractivity contribution in [2.45, 2.75) is 20.3 Å². The molecule has 2 nitrogen and oxygen atoms in total. The predicted octanol–water partition coefficient (Wildman–Crippen LogP) is 5.72. The Morgan fingerprint density at radius 1 is 0.885 bits per heavy atom. The van der Waals surface area contributed by atoms with Crippen LogP contribution < -0.4 is 4.74 Å². The number of esters is 1. The van der Waals surface area contributed by atoms with E-state index in [4.69, 9.17) is 4.74 Å². The van der Waals surface area contributed by atoms with Crippen molar-refractivity contribution in [2.75, 3.05) is 0 Å². The summed E-state index contributed by atoms with van der Waals surface area (Å²) in [6.45, 7) is 3.42. The molecule has 0 aliphatic heterocycles. The van der Waals surface area contributed by atoms with E-state index < -0.39 is 17.6 Å². The number of carbonyl (C=O) groups excluding carboxylic acids is 1. The van der Waals surface area contributed by atoms with Crippen LogP contribution in [0.1, 0.15) is 28.4 Å². The Kier molecular flexibility index (Phi) is 5.12. The molecule has 0 heterocycles. The minimum absolute atomic E-state index is 0.108. The van der Waals surface area contributed by atoms with E-state index in [-0.39, 0.29) is 11.3 Å². The lowest BCUT2D eigenvalue weighted by molar-refractivity contribution is 0.0734. The van der Waals surface area contributed by atoms with Gasteiger partial charge >= 0.3 is 5.97 Å². The Labute approximate surface area is 151 Å². The molecule has 3 aromatic carbocycles. The van der Waals surface area contributed by atoms with Gasteiger partial charge in [0.25, 0.3) is 0 Å². The molecule has 0 amide bonds. The smallest absolute Gasteiger partial charge is 0.343 e. The number of hydrogen-bond acceptors (Lipinski definition) is 2. The lowest BCUT2D eigenvalue weighted by Crippen LogP contribution is -2.09. The summed E-state index contributed by atoms with van der Waals surface area (Å²) in [5.41, 5.74) is 3.47. The highest BCUT2D eigenvalue weighted by atomic mass is 19.1. The Bertz CT molecular complexity index is 906. The van der Waals surface area contributed by atoms with Gasteiger partial charge in [-0.25, -0.2) is 13.6 Å². The molecule has 4 heteroatoms. The normalized spacial score (nSPS) is 10.6. The van der Waals surface area contributed by atoms with Gasteiger partial charge in [-0.2, -0.15) is 0 Å². The molecular formula is C22H18F2O2. The molecule has 0 aliphatic rings. The van der Waals surface area contributed by atoms with Gasteiger partial charge < -0.3 is 4.74 Å². The summed E-state index contributed by atoms with van der Waals surface area (Å²) in [5.74, 6) is -2.33. The van der Waals surface area contributed by atoms with E-state index in [1.165, 1.54) is 12.5 Å². The van der Waals surface area contributed by atoms with Crippen molar-refractivity contribution >= 4 is 5.97 Å². The van der Waals surface area contributed by atoms with Crippen LogP contribution in [-0.4, -0.2) is 5.97 Å². The van der Waals surface area contributed by atoms with Crippen molar-refractivity contribution in [3.8, 4) is 16.9 Å². The van der Waals surface area contributed by atoms with Crippen molar-refractivity contribution in [1.29, 1.82) is 0 Å². The molecule has 0 unspecified atom stereocenters. The molecule has 3 aromatic rings. The Balaban J connectivity index is 1.76. The molecular weight excluding hydrogens is 334 g/mol. The quantitative estimate of drug-likeness (QED) is 0.443. The van der Waals surface area contributed by atoms with Gasteiger partial charge in [0.1, 0.15) is 17.4 Å². The zero-order valence-corrected chi connectivity index (χ0v) is 14.6. The van der Waals surface area contributed by atoms with Crippen LogP contribution in [0.4, 0.5) is 8.78 Å². The van der Waals surface area contributed by atoms with Crippen molar-refractivity contribution in [1.82, 2.24) is 0 Å². The second kappa shape index (κ2) is 7.48. The number of hydrogen-bond donors (Lipinski definition) is 0. The van der Waals surface area contributed by atoms with E-state index in [1.807, 2.05) is 24.3 Å². The van der Waals surface area contributed by atoms with Crippen LogP contribution in [0, 0.1) is 18.6 Å². The third-order valence-corrected chi connectivity index (χ3v) is 4.28. The first-order valence-corrected chi connectivity index (χ1v) is 8.35. The lowest BCUT2D eigenvalue weighted by Gasteiger charge is -2.08. The number of benzene rings is 3. The summed E-state index contributed by atoms with van der Waals surface area (Å²) < 4.78 is 32.2. The van der Waals surface area contributed by atoms with Gasteiger partial charge in [0.2, 0.25) is 0 Å². The van der Waals surface area contributed by atoms with Crippen molar-refractivity contribution in [3.05, 3.63) is 89.0 Å². The van der Waals surface area contributed by atoms with Gasteiger partial charge in [0.15, 0.2) is 0 Å².